The van der Waals surface area contributed by atoms with E-state index >= 15 is 0 Å². The van der Waals surface area contributed by atoms with Crippen LogP contribution in [0, 0.1) is 0 Å². The molecule has 1 unspecified atom stereocenters. The van der Waals surface area contributed by atoms with E-state index in [1.54, 1.807) is 0 Å². The first kappa shape index (κ1) is 13.3. The normalized spacial score (nSPS) is 21.1. The van der Waals surface area contributed by atoms with Gasteiger partial charge in [-0.1, -0.05) is 55.5 Å². The van der Waals surface area contributed by atoms with Crippen molar-refractivity contribution in [3.05, 3.63) is 65.5 Å². The molecule has 2 aromatic rings. The fraction of sp³-hybridized carbons (Fsp3) is 0.188. The molecule has 2 N–H and O–H groups in total. The summed E-state index contributed by atoms with van der Waals surface area (Å²) in [6, 6.07) is 10.1. The quantitative estimate of drug-likeness (QED) is 0.906. The van der Waals surface area contributed by atoms with Gasteiger partial charge in [-0.25, -0.2) is 4.79 Å². The minimum absolute atomic E-state index is 0.0151. The number of carboxylic acids is 1. The highest BCUT2D eigenvalue weighted by Gasteiger charge is 2.33. The lowest BCUT2D eigenvalue weighted by Gasteiger charge is -2.26. The first-order valence-corrected chi connectivity index (χ1v) is 6.69. The van der Waals surface area contributed by atoms with Gasteiger partial charge in [-0.3, -0.25) is 0 Å². The van der Waals surface area contributed by atoms with Crippen molar-refractivity contribution in [2.24, 2.45) is 0 Å². The summed E-state index contributed by atoms with van der Waals surface area (Å²) >= 11 is 0. The van der Waals surface area contributed by atoms with Gasteiger partial charge in [0.2, 0.25) is 0 Å². The van der Waals surface area contributed by atoms with Crippen molar-refractivity contribution in [1.29, 1.82) is 0 Å². The van der Waals surface area contributed by atoms with Crippen molar-refractivity contribution in [3.8, 4) is 0 Å². The molecule has 0 aliphatic heterocycles. The van der Waals surface area contributed by atoms with Crippen molar-refractivity contribution in [3.63, 3.8) is 0 Å². The molecule has 1 aliphatic carbocycles. The Morgan fingerprint density at radius 2 is 2.05 bits per heavy atom. The first-order valence-electron chi connectivity index (χ1n) is 6.69. The number of nitrogens with one attached hydrogen (secondary N) is 1. The number of aromatic nitrogens is 3. The Morgan fingerprint density at radius 1 is 1.29 bits per heavy atom. The molecule has 21 heavy (non-hydrogen) atoms. The maximum atomic E-state index is 11.2. The first-order chi connectivity index (χ1) is 10.1. The Morgan fingerprint density at radius 3 is 2.67 bits per heavy atom. The Hall–Kier alpha value is -2.69. The molecule has 1 aromatic carbocycles. The lowest BCUT2D eigenvalue weighted by Crippen LogP contribution is -2.23. The number of nitrogens with zero attached hydrogens (tertiary/aromatic N) is 2. The third-order valence-electron chi connectivity index (χ3n) is 3.78. The topological polar surface area (TPSA) is 78.9 Å². The van der Waals surface area contributed by atoms with E-state index in [0.717, 1.165) is 11.1 Å². The van der Waals surface area contributed by atoms with E-state index in [2.05, 4.69) is 33.6 Å². The number of aromatic carboxylic acids is 1. The van der Waals surface area contributed by atoms with Crippen LogP contribution in [-0.2, 0) is 5.41 Å². The van der Waals surface area contributed by atoms with Gasteiger partial charge in [0, 0.05) is 5.41 Å². The van der Waals surface area contributed by atoms with E-state index in [1.165, 1.54) is 0 Å². The highest BCUT2D eigenvalue weighted by molar-refractivity contribution is 5.87. The third-order valence-corrected chi connectivity index (χ3v) is 3.78. The lowest BCUT2D eigenvalue weighted by molar-refractivity contribution is 0.0688. The molecule has 3 rings (SSSR count). The molecule has 1 heterocycles. The molecule has 1 aromatic heterocycles. The number of hydrogen-bond acceptors (Lipinski definition) is 3. The molecule has 0 spiro atoms. The van der Waals surface area contributed by atoms with Gasteiger partial charge in [-0.05, 0) is 17.6 Å². The number of carbonyl (C=O) groups is 1. The molecule has 0 radical (unpaired) electrons. The van der Waals surface area contributed by atoms with Gasteiger partial charge in [0.1, 0.15) is 5.69 Å². The zero-order chi connectivity index (χ0) is 14.9. The second-order valence-corrected chi connectivity index (χ2v) is 5.31. The van der Waals surface area contributed by atoms with Crippen LogP contribution in [0.25, 0.3) is 5.57 Å². The number of rotatable bonds is 3. The lowest BCUT2D eigenvalue weighted by atomic mass is 9.77. The molecular formula is C16H15N3O2. The summed E-state index contributed by atoms with van der Waals surface area (Å²) in [4.78, 5) is 11.2. The van der Waals surface area contributed by atoms with Crippen LogP contribution >= 0.6 is 0 Å². The Balaban J connectivity index is 1.91. The van der Waals surface area contributed by atoms with Crippen LogP contribution in [0.4, 0.5) is 0 Å². The SMILES string of the molecule is CC1(c2n[nH]nc2C(=O)O)C=CC(c2ccccc2)=CC1. The van der Waals surface area contributed by atoms with Crippen molar-refractivity contribution in [2.45, 2.75) is 18.8 Å². The van der Waals surface area contributed by atoms with Crippen molar-refractivity contribution in [1.82, 2.24) is 15.4 Å². The molecule has 0 bridgehead atoms. The average Bonchev–Trinajstić information content (AvgIpc) is 2.99. The number of carboxylic acid groups (broad SMARTS) is 1. The fourth-order valence-corrected chi connectivity index (χ4v) is 2.53. The number of aromatic amines is 1. The minimum atomic E-state index is -1.06. The second-order valence-electron chi connectivity index (χ2n) is 5.31. The molecule has 0 saturated heterocycles. The zero-order valence-electron chi connectivity index (χ0n) is 11.6. The Kier molecular flexibility index (Phi) is 3.17. The minimum Gasteiger partial charge on any atom is -0.476 e. The summed E-state index contributed by atoms with van der Waals surface area (Å²) in [5.74, 6) is -1.06. The van der Waals surface area contributed by atoms with Crippen LogP contribution in [0.2, 0.25) is 0 Å². The van der Waals surface area contributed by atoms with E-state index < -0.39 is 11.4 Å². The van der Waals surface area contributed by atoms with Gasteiger partial charge in [0.25, 0.3) is 0 Å². The van der Waals surface area contributed by atoms with E-state index in [4.69, 9.17) is 5.11 Å². The summed E-state index contributed by atoms with van der Waals surface area (Å²) in [6.45, 7) is 1.96. The highest BCUT2D eigenvalue weighted by Crippen LogP contribution is 2.36. The number of H-pyrrole nitrogens is 1. The van der Waals surface area contributed by atoms with E-state index in [1.807, 2.05) is 37.3 Å². The van der Waals surface area contributed by atoms with Crippen molar-refractivity contribution < 1.29 is 9.90 Å². The maximum absolute atomic E-state index is 11.2. The van der Waals surface area contributed by atoms with Gasteiger partial charge in [-0.2, -0.15) is 10.3 Å². The van der Waals surface area contributed by atoms with Gasteiger partial charge >= 0.3 is 5.97 Å². The molecule has 1 aliphatic rings. The number of allylic oxidation sites excluding steroid dienone is 4. The van der Waals surface area contributed by atoms with Crippen LogP contribution in [0.1, 0.15) is 35.1 Å². The van der Waals surface area contributed by atoms with Gasteiger partial charge in [-0.15, -0.1) is 5.10 Å². The highest BCUT2D eigenvalue weighted by atomic mass is 16.4. The standard InChI is InChI=1S/C16H15N3O2/c1-16(14-13(15(20)21)17-19-18-14)9-7-12(8-10-16)11-5-3-2-4-6-11/h2-9H,10H2,1H3,(H,20,21)(H,17,18,19). The predicted molar refractivity (Wildman–Crippen MR) is 78.9 cm³/mol. The van der Waals surface area contributed by atoms with Crippen LogP contribution in [0.5, 0.6) is 0 Å². The summed E-state index contributed by atoms with van der Waals surface area (Å²) in [6.07, 6.45) is 6.80. The van der Waals surface area contributed by atoms with Crippen LogP contribution in [0.3, 0.4) is 0 Å². The second kappa shape index (κ2) is 5.01. The smallest absolute Gasteiger partial charge is 0.358 e. The molecule has 5 nitrogen and oxygen atoms in total. The predicted octanol–water partition coefficient (Wildman–Crippen LogP) is 2.80. The molecular weight excluding hydrogens is 266 g/mol. The Labute approximate surface area is 122 Å². The van der Waals surface area contributed by atoms with Crippen LogP contribution in [-0.4, -0.2) is 26.5 Å². The maximum Gasteiger partial charge on any atom is 0.358 e. The molecule has 0 fully saturated rings. The Bertz CT molecular complexity index is 731. The molecule has 0 amide bonds. The molecule has 0 saturated carbocycles. The van der Waals surface area contributed by atoms with Gasteiger partial charge in [0.15, 0.2) is 5.69 Å². The molecule has 106 valence electrons. The summed E-state index contributed by atoms with van der Waals surface area (Å²) in [5.41, 5.74) is 2.27. The van der Waals surface area contributed by atoms with Crippen molar-refractivity contribution in [2.75, 3.05) is 0 Å². The number of hydrogen-bond donors (Lipinski definition) is 2. The largest absolute Gasteiger partial charge is 0.476 e. The van der Waals surface area contributed by atoms with Gasteiger partial charge in [0.05, 0.1) is 0 Å². The average molecular weight is 281 g/mol. The summed E-state index contributed by atoms with van der Waals surface area (Å²) < 4.78 is 0. The third kappa shape index (κ3) is 2.38. The molecule has 1 atom stereocenters. The van der Waals surface area contributed by atoms with Crippen molar-refractivity contribution >= 4 is 11.5 Å². The zero-order valence-corrected chi connectivity index (χ0v) is 11.6. The number of benzene rings is 1. The van der Waals surface area contributed by atoms with Crippen LogP contribution < -0.4 is 0 Å². The molecule has 5 heteroatoms. The monoisotopic (exact) mass is 281 g/mol. The summed E-state index contributed by atoms with van der Waals surface area (Å²) in [5, 5.41) is 19.3. The van der Waals surface area contributed by atoms with E-state index in [0.29, 0.717) is 12.1 Å². The van der Waals surface area contributed by atoms with Gasteiger partial charge < -0.3 is 5.11 Å². The van der Waals surface area contributed by atoms with Crippen LogP contribution in [0.15, 0.2) is 48.6 Å². The van der Waals surface area contributed by atoms with E-state index in [-0.39, 0.29) is 5.69 Å². The van der Waals surface area contributed by atoms with E-state index in [9.17, 15) is 4.79 Å². The fourth-order valence-electron chi connectivity index (χ4n) is 2.53. The summed E-state index contributed by atoms with van der Waals surface area (Å²) in [7, 11) is 0.